The molecule has 0 aliphatic carbocycles. The lowest BCUT2D eigenvalue weighted by Crippen LogP contribution is -2.33. The monoisotopic (exact) mass is 291 g/mol. The van der Waals surface area contributed by atoms with E-state index >= 15 is 0 Å². The maximum atomic E-state index is 12.0. The highest BCUT2D eigenvalue weighted by Crippen LogP contribution is 2.25. The third kappa shape index (κ3) is 3.98. The quantitative estimate of drug-likeness (QED) is 0.821. The van der Waals surface area contributed by atoms with Crippen LogP contribution in [0.1, 0.15) is 25.3 Å². The molecule has 1 heterocycles. The second-order valence-electron chi connectivity index (χ2n) is 5.13. The number of nitrogens with one attached hydrogen (secondary N) is 1. The Balaban J connectivity index is 2.01. The van der Waals surface area contributed by atoms with Gasteiger partial charge in [-0.25, -0.2) is 0 Å². The number of carbonyl (C=O) groups excluding carboxylic acids is 1. The summed E-state index contributed by atoms with van der Waals surface area (Å²) in [6.45, 7) is 2.08. The van der Waals surface area contributed by atoms with Crippen molar-refractivity contribution in [2.24, 2.45) is 0 Å². The summed E-state index contributed by atoms with van der Waals surface area (Å²) in [5.74, 6) is 0.685. The van der Waals surface area contributed by atoms with E-state index in [9.17, 15) is 4.79 Å². The van der Waals surface area contributed by atoms with Crippen LogP contribution in [-0.2, 0) is 11.2 Å². The third-order valence-corrected chi connectivity index (χ3v) is 3.42. The molecule has 2 rings (SSSR count). The van der Waals surface area contributed by atoms with E-state index in [-0.39, 0.29) is 25.0 Å². The molecule has 0 aliphatic rings. The molecule has 1 atom stereocenters. The molecule has 0 bridgehead atoms. The average Bonchev–Trinajstić information content (AvgIpc) is 2.87. The second-order valence-corrected chi connectivity index (χ2v) is 5.13. The fourth-order valence-electron chi connectivity index (χ4n) is 2.30. The molecule has 1 aromatic heterocycles. The standard InChI is InChI=1S/C16H21NO4/c1-11(4-3-7-18)17-16(19)8-12-10-21-15-9-13(20-2)5-6-14(12)15/h5-6,9-11,18H,3-4,7-8H2,1-2H3,(H,17,19). The van der Waals surface area contributed by atoms with E-state index in [1.807, 2.05) is 19.1 Å². The highest BCUT2D eigenvalue weighted by molar-refractivity contribution is 5.88. The Hall–Kier alpha value is -2.01. The molecule has 1 aromatic carbocycles. The van der Waals surface area contributed by atoms with Gasteiger partial charge < -0.3 is 19.6 Å². The number of rotatable bonds is 7. The van der Waals surface area contributed by atoms with Crippen LogP contribution in [0, 0.1) is 0 Å². The molecule has 0 radical (unpaired) electrons. The number of ether oxygens (including phenoxy) is 1. The Morgan fingerprint density at radius 2 is 2.29 bits per heavy atom. The van der Waals surface area contributed by atoms with Gasteiger partial charge in [-0.3, -0.25) is 4.79 Å². The maximum Gasteiger partial charge on any atom is 0.224 e. The number of aliphatic hydroxyl groups excluding tert-OH is 1. The zero-order valence-corrected chi connectivity index (χ0v) is 12.4. The van der Waals surface area contributed by atoms with Crippen LogP contribution in [-0.4, -0.2) is 30.8 Å². The summed E-state index contributed by atoms with van der Waals surface area (Å²) in [7, 11) is 1.60. The molecule has 1 amide bonds. The summed E-state index contributed by atoms with van der Waals surface area (Å²) in [6.07, 6.45) is 3.35. The minimum atomic E-state index is -0.0426. The molecule has 0 aliphatic heterocycles. The highest BCUT2D eigenvalue weighted by Gasteiger charge is 2.13. The Bertz CT molecular complexity index is 605. The SMILES string of the molecule is COc1ccc2c(CC(=O)NC(C)CCCO)coc2c1. The Morgan fingerprint density at radius 3 is 3.00 bits per heavy atom. The number of fused-ring (bicyclic) bond motifs is 1. The fraction of sp³-hybridized carbons (Fsp3) is 0.438. The Morgan fingerprint density at radius 1 is 1.48 bits per heavy atom. The first-order valence-corrected chi connectivity index (χ1v) is 7.08. The van der Waals surface area contributed by atoms with Gasteiger partial charge in [-0.2, -0.15) is 0 Å². The molecule has 0 saturated carbocycles. The first-order valence-electron chi connectivity index (χ1n) is 7.08. The summed E-state index contributed by atoms with van der Waals surface area (Å²) in [6, 6.07) is 5.61. The zero-order valence-electron chi connectivity index (χ0n) is 12.4. The predicted molar refractivity (Wildman–Crippen MR) is 80.4 cm³/mol. The van der Waals surface area contributed by atoms with Crippen molar-refractivity contribution in [2.45, 2.75) is 32.2 Å². The van der Waals surface area contributed by atoms with Gasteiger partial charge in [-0.1, -0.05) is 0 Å². The van der Waals surface area contributed by atoms with E-state index in [1.54, 1.807) is 19.4 Å². The number of hydrogen-bond donors (Lipinski definition) is 2. The second kappa shape index (κ2) is 7.13. The van der Waals surface area contributed by atoms with Crippen LogP contribution >= 0.6 is 0 Å². The summed E-state index contributed by atoms with van der Waals surface area (Å²) in [5.41, 5.74) is 1.57. The normalized spacial score (nSPS) is 12.3. The molecule has 2 N–H and O–H groups in total. The minimum Gasteiger partial charge on any atom is -0.497 e. The molecule has 0 saturated heterocycles. The van der Waals surface area contributed by atoms with Crippen molar-refractivity contribution in [1.29, 1.82) is 0 Å². The van der Waals surface area contributed by atoms with Crippen molar-refractivity contribution in [2.75, 3.05) is 13.7 Å². The van der Waals surface area contributed by atoms with Gasteiger partial charge >= 0.3 is 0 Å². The smallest absolute Gasteiger partial charge is 0.224 e. The van der Waals surface area contributed by atoms with Gasteiger partial charge in [0.05, 0.1) is 19.8 Å². The average molecular weight is 291 g/mol. The van der Waals surface area contributed by atoms with Crippen molar-refractivity contribution in [1.82, 2.24) is 5.32 Å². The zero-order chi connectivity index (χ0) is 15.2. The number of aliphatic hydroxyl groups is 1. The molecular weight excluding hydrogens is 270 g/mol. The number of furan rings is 1. The lowest BCUT2D eigenvalue weighted by atomic mass is 10.1. The predicted octanol–water partition coefficient (Wildman–Crippen LogP) is 2.26. The number of methoxy groups -OCH3 is 1. The van der Waals surface area contributed by atoms with E-state index in [1.165, 1.54) is 0 Å². The third-order valence-electron chi connectivity index (χ3n) is 3.42. The van der Waals surface area contributed by atoms with Gasteiger partial charge in [0.15, 0.2) is 0 Å². The minimum absolute atomic E-state index is 0.0426. The van der Waals surface area contributed by atoms with Crippen molar-refractivity contribution in [3.05, 3.63) is 30.0 Å². The molecule has 114 valence electrons. The van der Waals surface area contributed by atoms with Crippen LogP contribution in [0.4, 0.5) is 0 Å². The molecule has 0 fully saturated rings. The summed E-state index contributed by atoms with van der Waals surface area (Å²) in [5, 5.41) is 12.6. The molecule has 0 spiro atoms. The molecule has 1 unspecified atom stereocenters. The summed E-state index contributed by atoms with van der Waals surface area (Å²) >= 11 is 0. The largest absolute Gasteiger partial charge is 0.497 e. The number of carbonyl (C=O) groups is 1. The summed E-state index contributed by atoms with van der Waals surface area (Å²) < 4.78 is 10.6. The van der Waals surface area contributed by atoms with Crippen molar-refractivity contribution < 1.29 is 19.1 Å². The van der Waals surface area contributed by atoms with Gasteiger partial charge in [0.25, 0.3) is 0 Å². The van der Waals surface area contributed by atoms with Gasteiger partial charge in [0.1, 0.15) is 11.3 Å². The molecule has 2 aromatic rings. The van der Waals surface area contributed by atoms with Gasteiger partial charge in [-0.05, 0) is 31.9 Å². The van der Waals surface area contributed by atoms with Crippen LogP contribution < -0.4 is 10.1 Å². The Labute approximate surface area is 123 Å². The topological polar surface area (TPSA) is 71.7 Å². The number of hydrogen-bond acceptors (Lipinski definition) is 4. The lowest BCUT2D eigenvalue weighted by molar-refractivity contribution is -0.121. The number of benzene rings is 1. The lowest BCUT2D eigenvalue weighted by Gasteiger charge is -2.12. The van der Waals surface area contributed by atoms with E-state index < -0.39 is 0 Å². The summed E-state index contributed by atoms with van der Waals surface area (Å²) in [4.78, 5) is 12.0. The maximum absolute atomic E-state index is 12.0. The van der Waals surface area contributed by atoms with Crippen LogP contribution in [0.2, 0.25) is 0 Å². The van der Waals surface area contributed by atoms with Crippen LogP contribution in [0.15, 0.2) is 28.9 Å². The molecule has 5 heteroatoms. The van der Waals surface area contributed by atoms with Crippen LogP contribution in [0.5, 0.6) is 5.75 Å². The van der Waals surface area contributed by atoms with Gasteiger partial charge in [-0.15, -0.1) is 0 Å². The van der Waals surface area contributed by atoms with E-state index in [0.717, 1.165) is 23.1 Å². The Kier molecular flexibility index (Phi) is 5.22. The molecule has 5 nitrogen and oxygen atoms in total. The van der Waals surface area contributed by atoms with Crippen LogP contribution in [0.3, 0.4) is 0 Å². The molecule has 21 heavy (non-hydrogen) atoms. The molecular formula is C16H21NO4. The van der Waals surface area contributed by atoms with Crippen LogP contribution in [0.25, 0.3) is 11.0 Å². The van der Waals surface area contributed by atoms with Gasteiger partial charge in [0, 0.05) is 29.7 Å². The first-order chi connectivity index (χ1) is 10.1. The van der Waals surface area contributed by atoms with E-state index in [0.29, 0.717) is 12.0 Å². The van der Waals surface area contributed by atoms with Crippen molar-refractivity contribution in [3.8, 4) is 5.75 Å². The van der Waals surface area contributed by atoms with E-state index in [2.05, 4.69) is 5.32 Å². The van der Waals surface area contributed by atoms with Crippen molar-refractivity contribution in [3.63, 3.8) is 0 Å². The highest BCUT2D eigenvalue weighted by atomic mass is 16.5. The van der Waals surface area contributed by atoms with Gasteiger partial charge in [0.2, 0.25) is 5.91 Å². The van der Waals surface area contributed by atoms with Crippen molar-refractivity contribution >= 4 is 16.9 Å². The fourth-order valence-corrected chi connectivity index (χ4v) is 2.30. The first kappa shape index (κ1) is 15.4. The number of amides is 1. The van der Waals surface area contributed by atoms with E-state index in [4.69, 9.17) is 14.3 Å².